The van der Waals surface area contributed by atoms with Gasteiger partial charge in [0.25, 0.3) is 0 Å². The van der Waals surface area contributed by atoms with Gasteiger partial charge in [0.05, 0.1) is 0 Å². The van der Waals surface area contributed by atoms with Gasteiger partial charge in [-0.25, -0.2) is 4.99 Å². The van der Waals surface area contributed by atoms with Crippen molar-refractivity contribution in [1.29, 1.82) is 0 Å². The van der Waals surface area contributed by atoms with Crippen molar-refractivity contribution < 1.29 is 0 Å². The van der Waals surface area contributed by atoms with Gasteiger partial charge in [-0.3, -0.25) is 0 Å². The Morgan fingerprint density at radius 1 is 1.57 bits per heavy atom. The minimum Gasteiger partial charge on any atom is -0.244 e. The van der Waals surface area contributed by atoms with Gasteiger partial charge in [0.2, 0.25) is 0 Å². The predicted molar refractivity (Wildman–Crippen MR) is 29.5 cm³/mol. The van der Waals surface area contributed by atoms with E-state index in [0.717, 1.165) is 0 Å². The average molecular weight is 97.1 g/mol. The maximum Gasteiger partial charge on any atom is 0.137 e. The van der Waals surface area contributed by atoms with Gasteiger partial charge in [-0.1, -0.05) is 6.58 Å². The molecule has 0 saturated heterocycles. The van der Waals surface area contributed by atoms with Crippen LogP contribution in [0.5, 0.6) is 0 Å². The fourth-order valence-corrected chi connectivity index (χ4v) is 0.129. The van der Waals surface area contributed by atoms with Crippen molar-refractivity contribution in [2.24, 2.45) is 15.2 Å². The van der Waals surface area contributed by atoms with Crippen LogP contribution in [0.25, 0.3) is 0 Å². The second-order valence-electron chi connectivity index (χ2n) is 0.763. The molecule has 0 atom stereocenters. The molecule has 0 aromatic carbocycles. The Balaban J connectivity index is 3.27. The Morgan fingerprint density at radius 2 is 2.29 bits per heavy atom. The first-order valence-corrected chi connectivity index (χ1v) is 1.83. The third-order valence-electron chi connectivity index (χ3n) is 0.339. The first-order valence-electron chi connectivity index (χ1n) is 1.83. The maximum absolute atomic E-state index is 3.54. The largest absolute Gasteiger partial charge is 0.244 e. The van der Waals surface area contributed by atoms with Crippen LogP contribution in [0.1, 0.15) is 0 Å². The van der Waals surface area contributed by atoms with Crippen LogP contribution in [0.2, 0.25) is 0 Å². The Morgan fingerprint density at radius 3 is 2.71 bits per heavy atom. The topological polar surface area (TPSA) is 37.1 Å². The van der Waals surface area contributed by atoms with Gasteiger partial charge in [0.15, 0.2) is 0 Å². The zero-order chi connectivity index (χ0) is 5.54. The molecular formula is C4H7N3. The van der Waals surface area contributed by atoms with Gasteiger partial charge in [-0.05, 0) is 0 Å². The molecular weight excluding hydrogens is 90.1 g/mol. The van der Waals surface area contributed by atoms with Crippen LogP contribution in [0.4, 0.5) is 0 Å². The highest BCUT2D eigenvalue weighted by Gasteiger charge is 1.53. The summed E-state index contributed by atoms with van der Waals surface area (Å²) < 4.78 is 0. The lowest BCUT2D eigenvalue weighted by Crippen LogP contribution is -1.56. The standard InChI is InChI=1S/C4H7N3/c1-3-6-4-7-5-2/h3-4H,1H2,2H3. The quantitative estimate of drug-likeness (QED) is 0.282. The lowest BCUT2D eigenvalue weighted by atomic mass is 11.0. The highest BCUT2D eigenvalue weighted by atomic mass is 15.1. The van der Waals surface area contributed by atoms with Crippen LogP contribution in [0.3, 0.4) is 0 Å². The van der Waals surface area contributed by atoms with Crippen molar-refractivity contribution in [3.05, 3.63) is 12.8 Å². The Labute approximate surface area is 42.5 Å². The fraction of sp³-hybridized carbons (Fsp3) is 0.250. The average Bonchev–Trinajstić information content (AvgIpc) is 1.69. The molecule has 0 aliphatic heterocycles. The lowest BCUT2D eigenvalue weighted by Gasteiger charge is -1.66. The van der Waals surface area contributed by atoms with E-state index in [1.54, 1.807) is 7.05 Å². The van der Waals surface area contributed by atoms with Crippen molar-refractivity contribution in [2.75, 3.05) is 7.05 Å². The highest BCUT2D eigenvalue weighted by molar-refractivity contribution is 5.54. The van der Waals surface area contributed by atoms with Crippen molar-refractivity contribution in [3.63, 3.8) is 0 Å². The van der Waals surface area contributed by atoms with Gasteiger partial charge in [-0.15, -0.1) is 5.11 Å². The summed E-state index contributed by atoms with van der Waals surface area (Å²) in [5.41, 5.74) is 0. The third-order valence-corrected chi connectivity index (χ3v) is 0.339. The molecule has 0 aliphatic carbocycles. The second kappa shape index (κ2) is 5.01. The van der Waals surface area contributed by atoms with E-state index in [1.165, 1.54) is 12.5 Å². The summed E-state index contributed by atoms with van der Waals surface area (Å²) in [7, 11) is 1.58. The summed E-state index contributed by atoms with van der Waals surface area (Å²) in [6.45, 7) is 3.33. The van der Waals surface area contributed by atoms with Crippen LogP contribution in [0, 0.1) is 0 Å². The maximum atomic E-state index is 3.54. The summed E-state index contributed by atoms with van der Waals surface area (Å²) in [6, 6.07) is 0. The van der Waals surface area contributed by atoms with Crippen molar-refractivity contribution >= 4 is 6.34 Å². The van der Waals surface area contributed by atoms with Gasteiger partial charge >= 0.3 is 0 Å². The first-order chi connectivity index (χ1) is 3.41. The molecule has 7 heavy (non-hydrogen) atoms. The number of nitrogens with zero attached hydrogens (tertiary/aromatic N) is 3. The minimum atomic E-state index is 1.33. The Hall–Kier alpha value is -0.990. The summed E-state index contributed by atoms with van der Waals surface area (Å²) in [5.74, 6) is 0. The summed E-state index contributed by atoms with van der Waals surface area (Å²) in [5, 5.41) is 6.82. The molecule has 0 aliphatic rings. The molecule has 0 aromatic heterocycles. The minimum absolute atomic E-state index is 1.33. The van der Waals surface area contributed by atoms with E-state index >= 15 is 0 Å². The van der Waals surface area contributed by atoms with Gasteiger partial charge in [-0.2, -0.15) is 5.11 Å². The molecule has 0 aromatic rings. The van der Waals surface area contributed by atoms with E-state index in [9.17, 15) is 0 Å². The molecule has 0 fully saturated rings. The van der Waals surface area contributed by atoms with E-state index < -0.39 is 0 Å². The van der Waals surface area contributed by atoms with Crippen LogP contribution < -0.4 is 0 Å². The van der Waals surface area contributed by atoms with Gasteiger partial charge in [0.1, 0.15) is 6.34 Å². The van der Waals surface area contributed by atoms with E-state index in [4.69, 9.17) is 0 Å². The molecule has 0 spiro atoms. The number of aliphatic imine (C=N–C) groups is 1. The number of hydrogen-bond donors (Lipinski definition) is 0. The highest BCUT2D eigenvalue weighted by Crippen LogP contribution is 1.65. The van der Waals surface area contributed by atoms with E-state index in [-0.39, 0.29) is 0 Å². The van der Waals surface area contributed by atoms with Crippen LogP contribution in [0.15, 0.2) is 28.0 Å². The van der Waals surface area contributed by atoms with E-state index in [1.807, 2.05) is 0 Å². The van der Waals surface area contributed by atoms with Crippen molar-refractivity contribution in [3.8, 4) is 0 Å². The summed E-state index contributed by atoms with van der Waals surface area (Å²) in [6.07, 6.45) is 2.72. The molecule has 0 N–H and O–H groups in total. The smallest absolute Gasteiger partial charge is 0.137 e. The number of rotatable bonds is 2. The zero-order valence-electron chi connectivity index (χ0n) is 4.20. The van der Waals surface area contributed by atoms with E-state index in [0.29, 0.717) is 0 Å². The second-order valence-corrected chi connectivity index (χ2v) is 0.763. The monoisotopic (exact) mass is 97.1 g/mol. The molecule has 0 bridgehead atoms. The molecule has 0 amide bonds. The summed E-state index contributed by atoms with van der Waals surface area (Å²) >= 11 is 0. The first kappa shape index (κ1) is 6.01. The van der Waals surface area contributed by atoms with Gasteiger partial charge < -0.3 is 0 Å². The van der Waals surface area contributed by atoms with Crippen LogP contribution in [-0.4, -0.2) is 13.4 Å². The van der Waals surface area contributed by atoms with Crippen molar-refractivity contribution in [1.82, 2.24) is 0 Å². The van der Waals surface area contributed by atoms with E-state index in [2.05, 4.69) is 21.8 Å². The predicted octanol–water partition coefficient (Wildman–Crippen LogP) is 1.24. The van der Waals surface area contributed by atoms with Crippen LogP contribution >= 0.6 is 0 Å². The van der Waals surface area contributed by atoms with Crippen LogP contribution in [-0.2, 0) is 0 Å². The molecule has 0 saturated carbocycles. The number of azo groups is 1. The third kappa shape index (κ3) is 5.01. The molecule has 0 radical (unpaired) electrons. The molecule has 0 unspecified atom stereocenters. The molecule has 3 heteroatoms. The molecule has 3 nitrogen and oxygen atoms in total. The molecule has 38 valence electrons. The van der Waals surface area contributed by atoms with Crippen molar-refractivity contribution in [2.45, 2.75) is 0 Å². The molecule has 0 rings (SSSR count). The van der Waals surface area contributed by atoms with Gasteiger partial charge in [0, 0.05) is 13.2 Å². The summed E-state index contributed by atoms with van der Waals surface area (Å²) in [4.78, 5) is 3.54. The zero-order valence-corrected chi connectivity index (χ0v) is 4.20. The SMILES string of the molecule is C=CN=CN=NC. The Kier molecular flexibility index (Phi) is 4.30. The normalized spacial score (nSPS) is 11.0. The molecule has 0 heterocycles. The number of hydrogen-bond acceptors (Lipinski definition) is 2. The Bertz CT molecular complexity index is 93.1. The fourth-order valence-electron chi connectivity index (χ4n) is 0.129. The lowest BCUT2D eigenvalue weighted by molar-refractivity contribution is 1.22.